The van der Waals surface area contributed by atoms with E-state index in [-0.39, 0.29) is 24.0 Å². The van der Waals surface area contributed by atoms with Crippen LogP contribution in [0, 0.1) is 0 Å². The van der Waals surface area contributed by atoms with Crippen molar-refractivity contribution < 1.29 is 4.52 Å². The second kappa shape index (κ2) is 8.90. The zero-order valence-corrected chi connectivity index (χ0v) is 15.4. The molecule has 0 spiro atoms. The van der Waals surface area contributed by atoms with Crippen molar-refractivity contribution in [3.8, 4) is 11.3 Å². The fourth-order valence-electron chi connectivity index (χ4n) is 2.79. The predicted molar refractivity (Wildman–Crippen MR) is 103 cm³/mol. The summed E-state index contributed by atoms with van der Waals surface area (Å²) in [5, 5.41) is 7.34. The zero-order valence-electron chi connectivity index (χ0n) is 13.1. The number of aromatic nitrogens is 1. The first kappa shape index (κ1) is 17.8. The molecule has 0 unspecified atom stereocenters. The Kier molecular flexibility index (Phi) is 6.88. The number of guanidine groups is 1. The number of nitrogens with one attached hydrogen (secondary N) is 1. The van der Waals surface area contributed by atoms with Gasteiger partial charge in [-0.15, -0.1) is 24.0 Å². The monoisotopic (exact) mass is 426 g/mol. The Balaban J connectivity index is 0.00000192. The summed E-state index contributed by atoms with van der Waals surface area (Å²) in [5.74, 6) is 1.25. The average Bonchev–Trinajstić information content (AvgIpc) is 3.04. The number of rotatable bonds is 4. The number of aliphatic imine (C=N–C) groups is 1. The topological polar surface area (TPSA) is 76.4 Å². The first-order chi connectivity index (χ1) is 10.8. The summed E-state index contributed by atoms with van der Waals surface area (Å²) in [7, 11) is 0. The molecule has 1 heterocycles. The minimum absolute atomic E-state index is 0. The molecule has 1 aromatic carbocycles. The molecule has 1 aliphatic carbocycles. The van der Waals surface area contributed by atoms with E-state index in [1.165, 1.54) is 32.1 Å². The average molecular weight is 426 g/mol. The van der Waals surface area contributed by atoms with Gasteiger partial charge in [-0.1, -0.05) is 54.8 Å². The van der Waals surface area contributed by atoms with Crippen molar-refractivity contribution in [2.75, 3.05) is 0 Å². The lowest BCUT2D eigenvalue weighted by Gasteiger charge is -2.23. The van der Waals surface area contributed by atoms with Crippen LogP contribution in [0.5, 0.6) is 0 Å². The molecule has 2 aromatic rings. The van der Waals surface area contributed by atoms with Gasteiger partial charge in [-0.25, -0.2) is 4.99 Å². The quantitative estimate of drug-likeness (QED) is 0.444. The van der Waals surface area contributed by atoms with Gasteiger partial charge >= 0.3 is 0 Å². The highest BCUT2D eigenvalue weighted by Crippen LogP contribution is 2.20. The molecule has 124 valence electrons. The Labute approximate surface area is 153 Å². The van der Waals surface area contributed by atoms with Gasteiger partial charge in [0.25, 0.3) is 0 Å². The van der Waals surface area contributed by atoms with Gasteiger partial charge < -0.3 is 15.6 Å². The van der Waals surface area contributed by atoms with Crippen LogP contribution in [0.4, 0.5) is 0 Å². The molecule has 0 aliphatic heterocycles. The van der Waals surface area contributed by atoms with Crippen LogP contribution in [0.15, 0.2) is 45.9 Å². The van der Waals surface area contributed by atoms with E-state index in [2.05, 4.69) is 15.5 Å². The van der Waals surface area contributed by atoms with Crippen LogP contribution in [0.2, 0.25) is 0 Å². The van der Waals surface area contributed by atoms with E-state index in [4.69, 9.17) is 10.3 Å². The van der Waals surface area contributed by atoms with E-state index in [1.807, 2.05) is 36.4 Å². The Morgan fingerprint density at radius 1 is 1.22 bits per heavy atom. The fraction of sp³-hybridized carbons (Fsp3) is 0.412. The fourth-order valence-corrected chi connectivity index (χ4v) is 2.79. The standard InChI is InChI=1S/C17H22N4O.HI/c18-17(20-14-9-5-2-6-10-14)19-12-15-11-16(22-21-15)13-7-3-1-4-8-13;/h1,3-4,7-8,11,14H,2,5-6,9-10,12H2,(H3,18,19,20);1H. The van der Waals surface area contributed by atoms with E-state index < -0.39 is 0 Å². The van der Waals surface area contributed by atoms with Crippen molar-refractivity contribution in [2.24, 2.45) is 10.7 Å². The highest BCUT2D eigenvalue weighted by Gasteiger charge is 2.13. The smallest absolute Gasteiger partial charge is 0.189 e. The summed E-state index contributed by atoms with van der Waals surface area (Å²) in [4.78, 5) is 4.36. The highest BCUT2D eigenvalue weighted by molar-refractivity contribution is 14.0. The Bertz CT molecular complexity index is 621. The molecule has 5 nitrogen and oxygen atoms in total. The largest absolute Gasteiger partial charge is 0.370 e. The van der Waals surface area contributed by atoms with Gasteiger partial charge in [0.15, 0.2) is 11.7 Å². The van der Waals surface area contributed by atoms with Crippen LogP contribution >= 0.6 is 24.0 Å². The molecule has 1 aliphatic rings. The molecule has 1 fully saturated rings. The summed E-state index contributed by atoms with van der Waals surface area (Å²) in [6.45, 7) is 0.432. The lowest BCUT2D eigenvalue weighted by molar-refractivity contribution is 0.411. The lowest BCUT2D eigenvalue weighted by Crippen LogP contribution is -2.41. The van der Waals surface area contributed by atoms with Gasteiger partial charge in [0.1, 0.15) is 5.69 Å². The number of hydrogen-bond acceptors (Lipinski definition) is 3. The molecular weight excluding hydrogens is 403 g/mol. The minimum Gasteiger partial charge on any atom is -0.370 e. The Morgan fingerprint density at radius 3 is 2.70 bits per heavy atom. The Hall–Kier alpha value is -1.57. The number of benzene rings is 1. The van der Waals surface area contributed by atoms with Crippen LogP contribution in [0.25, 0.3) is 11.3 Å². The SMILES string of the molecule is I.NC(=NCc1cc(-c2ccccc2)on1)NC1CCCCC1. The van der Waals surface area contributed by atoms with Crippen LogP contribution < -0.4 is 11.1 Å². The molecule has 3 rings (SSSR count). The maximum absolute atomic E-state index is 5.95. The third-order valence-electron chi connectivity index (χ3n) is 3.99. The number of halogens is 1. The third-order valence-corrected chi connectivity index (χ3v) is 3.99. The summed E-state index contributed by atoms with van der Waals surface area (Å²) in [6, 6.07) is 12.3. The molecule has 3 N–H and O–H groups in total. The molecular formula is C17H23IN4O. The summed E-state index contributed by atoms with van der Waals surface area (Å²) >= 11 is 0. The second-order valence-corrected chi connectivity index (χ2v) is 5.73. The zero-order chi connectivity index (χ0) is 15.2. The van der Waals surface area contributed by atoms with Gasteiger partial charge in [-0.3, -0.25) is 0 Å². The van der Waals surface area contributed by atoms with Crippen molar-refractivity contribution in [1.82, 2.24) is 10.5 Å². The Morgan fingerprint density at radius 2 is 1.96 bits per heavy atom. The molecule has 1 aromatic heterocycles. The van der Waals surface area contributed by atoms with Crippen molar-refractivity contribution in [2.45, 2.75) is 44.7 Å². The van der Waals surface area contributed by atoms with Crippen molar-refractivity contribution in [3.05, 3.63) is 42.1 Å². The minimum atomic E-state index is 0. The second-order valence-electron chi connectivity index (χ2n) is 5.73. The molecule has 0 amide bonds. The normalized spacial score (nSPS) is 15.9. The van der Waals surface area contributed by atoms with Gasteiger partial charge in [0.2, 0.25) is 0 Å². The first-order valence-electron chi connectivity index (χ1n) is 7.89. The third kappa shape index (κ3) is 5.23. The summed E-state index contributed by atoms with van der Waals surface area (Å²) in [5.41, 5.74) is 7.75. The van der Waals surface area contributed by atoms with Crippen molar-refractivity contribution >= 4 is 29.9 Å². The maximum atomic E-state index is 5.95. The maximum Gasteiger partial charge on any atom is 0.189 e. The molecule has 23 heavy (non-hydrogen) atoms. The summed E-state index contributed by atoms with van der Waals surface area (Å²) < 4.78 is 5.35. The van der Waals surface area contributed by atoms with E-state index in [9.17, 15) is 0 Å². The van der Waals surface area contributed by atoms with Crippen LogP contribution in [-0.2, 0) is 6.54 Å². The molecule has 1 saturated carbocycles. The predicted octanol–water partition coefficient (Wildman–Crippen LogP) is 3.70. The molecule has 0 atom stereocenters. The van der Waals surface area contributed by atoms with E-state index in [0.29, 0.717) is 18.5 Å². The van der Waals surface area contributed by atoms with Crippen molar-refractivity contribution in [3.63, 3.8) is 0 Å². The number of hydrogen-bond donors (Lipinski definition) is 2. The van der Waals surface area contributed by atoms with Gasteiger partial charge in [-0.2, -0.15) is 0 Å². The number of nitrogens with zero attached hydrogens (tertiary/aromatic N) is 2. The van der Waals surface area contributed by atoms with Crippen LogP contribution in [0.3, 0.4) is 0 Å². The lowest BCUT2D eigenvalue weighted by atomic mass is 9.96. The van der Waals surface area contributed by atoms with Crippen LogP contribution in [-0.4, -0.2) is 17.2 Å². The van der Waals surface area contributed by atoms with E-state index >= 15 is 0 Å². The molecule has 0 radical (unpaired) electrons. The summed E-state index contributed by atoms with van der Waals surface area (Å²) in [6.07, 6.45) is 6.23. The van der Waals surface area contributed by atoms with E-state index in [0.717, 1.165) is 17.0 Å². The van der Waals surface area contributed by atoms with Crippen molar-refractivity contribution in [1.29, 1.82) is 0 Å². The van der Waals surface area contributed by atoms with E-state index in [1.54, 1.807) is 0 Å². The number of nitrogens with two attached hydrogens (primary N) is 1. The van der Waals surface area contributed by atoms with Gasteiger partial charge in [0, 0.05) is 17.7 Å². The molecule has 0 saturated heterocycles. The van der Waals surface area contributed by atoms with Gasteiger partial charge in [-0.05, 0) is 12.8 Å². The highest BCUT2D eigenvalue weighted by atomic mass is 127. The first-order valence-corrected chi connectivity index (χ1v) is 7.89. The molecule has 6 heteroatoms. The van der Waals surface area contributed by atoms with Gasteiger partial charge in [0.05, 0.1) is 6.54 Å². The van der Waals surface area contributed by atoms with Crippen LogP contribution in [0.1, 0.15) is 37.8 Å². The molecule has 0 bridgehead atoms.